The number of carbonyl (C=O) groups is 1. The molecule has 0 N–H and O–H groups in total. The Morgan fingerprint density at radius 1 is 1.11 bits per heavy atom. The van der Waals surface area contributed by atoms with Crippen LogP contribution in [0.25, 0.3) is 0 Å². The van der Waals surface area contributed by atoms with Crippen molar-refractivity contribution in [2.45, 2.75) is 83.8 Å². The fourth-order valence-electron chi connectivity index (χ4n) is 8.90. The van der Waals surface area contributed by atoms with E-state index >= 15 is 0 Å². The van der Waals surface area contributed by atoms with Gasteiger partial charge in [0.15, 0.2) is 5.78 Å². The average molecular weight is 383 g/mol. The summed E-state index contributed by atoms with van der Waals surface area (Å²) in [6.45, 7) is 6.11. The van der Waals surface area contributed by atoms with Crippen molar-refractivity contribution < 1.29 is 14.3 Å². The summed E-state index contributed by atoms with van der Waals surface area (Å²) in [4.78, 5) is 12.8. The summed E-state index contributed by atoms with van der Waals surface area (Å²) < 4.78 is 11.8. The number of ether oxygens (including phenoxy) is 2. The zero-order chi connectivity index (χ0) is 19.2. The summed E-state index contributed by atoms with van der Waals surface area (Å²) in [6, 6.07) is 0. The Morgan fingerprint density at radius 3 is 2.64 bits per heavy atom. The van der Waals surface area contributed by atoms with Gasteiger partial charge in [-0.15, -0.1) is 0 Å². The number of hydrogen-bond acceptors (Lipinski definition) is 3. The highest BCUT2D eigenvalue weighted by atomic mass is 16.7. The van der Waals surface area contributed by atoms with Crippen molar-refractivity contribution in [1.82, 2.24) is 0 Å². The van der Waals surface area contributed by atoms with E-state index in [0.29, 0.717) is 48.2 Å². The Balaban J connectivity index is 1.38. The molecule has 2 bridgehead atoms. The molecule has 1 unspecified atom stereocenters. The average Bonchev–Trinajstić information content (AvgIpc) is 3.32. The lowest BCUT2D eigenvalue weighted by Crippen LogP contribution is -2.53. The first-order valence-corrected chi connectivity index (χ1v) is 11.7. The molecule has 3 nitrogen and oxygen atoms in total. The number of allylic oxidation sites excluding steroid dienone is 3. The minimum Gasteiger partial charge on any atom is -0.341 e. The summed E-state index contributed by atoms with van der Waals surface area (Å²) in [5.41, 5.74) is 4.27. The van der Waals surface area contributed by atoms with Crippen LogP contribution in [0.2, 0.25) is 0 Å². The Hall–Kier alpha value is -0.930. The first-order valence-electron chi connectivity index (χ1n) is 11.7. The summed E-state index contributed by atoms with van der Waals surface area (Å²) in [6.07, 6.45) is 17.0. The normalized spacial score (nSPS) is 48.1. The number of ketones is 1. The second-order valence-corrected chi connectivity index (χ2v) is 10.8. The maximum atomic E-state index is 12.8. The van der Waals surface area contributed by atoms with E-state index in [1.807, 2.05) is 0 Å². The van der Waals surface area contributed by atoms with Gasteiger partial charge in [-0.25, -0.2) is 0 Å². The van der Waals surface area contributed by atoms with E-state index in [2.05, 4.69) is 26.0 Å². The highest BCUT2D eigenvalue weighted by Gasteiger charge is 2.71. The van der Waals surface area contributed by atoms with Crippen LogP contribution in [0.1, 0.15) is 78.1 Å². The van der Waals surface area contributed by atoms with Gasteiger partial charge in [0.1, 0.15) is 0 Å². The molecule has 6 rings (SSSR count). The molecule has 0 amide bonds. The zero-order valence-electron chi connectivity index (χ0n) is 17.5. The van der Waals surface area contributed by atoms with E-state index in [1.165, 1.54) is 50.5 Å². The van der Waals surface area contributed by atoms with E-state index in [1.54, 1.807) is 5.57 Å². The van der Waals surface area contributed by atoms with Gasteiger partial charge in [-0.2, -0.15) is 0 Å². The third-order valence-electron chi connectivity index (χ3n) is 10.2. The van der Waals surface area contributed by atoms with Crippen LogP contribution in [-0.2, 0) is 14.3 Å². The van der Waals surface area contributed by atoms with Gasteiger partial charge in [0.05, 0.1) is 13.2 Å². The standard InChI is InChI=1S/C25H34O3/c1-3-7-23-9-11-24(12-10-23)20-5-4-17-15-21(26)25(27-13-14-28-25)16-19(17)18(20)6-8-22(23,24)2/h9,11,18,20H,3-8,10,12-16H2,1-2H3/t18-,20-,22-,23+,24?/m1/s1. The van der Waals surface area contributed by atoms with Crippen LogP contribution in [0.4, 0.5) is 0 Å². The predicted octanol–water partition coefficient (Wildman–Crippen LogP) is 5.35. The largest absolute Gasteiger partial charge is 0.341 e. The third-order valence-corrected chi connectivity index (χ3v) is 10.2. The van der Waals surface area contributed by atoms with E-state index in [4.69, 9.17) is 9.47 Å². The van der Waals surface area contributed by atoms with Gasteiger partial charge in [0.25, 0.3) is 0 Å². The molecule has 1 heterocycles. The quantitative estimate of drug-likeness (QED) is 0.604. The summed E-state index contributed by atoms with van der Waals surface area (Å²) in [7, 11) is 0. The van der Waals surface area contributed by atoms with E-state index in [-0.39, 0.29) is 5.78 Å². The first kappa shape index (κ1) is 17.9. The van der Waals surface area contributed by atoms with Crippen molar-refractivity contribution in [3.8, 4) is 0 Å². The van der Waals surface area contributed by atoms with Gasteiger partial charge in [-0.3, -0.25) is 4.79 Å². The lowest BCUT2D eigenvalue weighted by Gasteiger charge is -2.58. The zero-order valence-corrected chi connectivity index (χ0v) is 17.5. The lowest BCUT2D eigenvalue weighted by atomic mass is 9.45. The number of rotatable bonds is 2. The molecule has 0 radical (unpaired) electrons. The smallest absolute Gasteiger partial charge is 0.233 e. The van der Waals surface area contributed by atoms with Gasteiger partial charge in [-0.1, -0.05) is 43.6 Å². The molecular weight excluding hydrogens is 348 g/mol. The molecule has 1 aliphatic heterocycles. The molecule has 1 spiro atoms. The van der Waals surface area contributed by atoms with Crippen molar-refractivity contribution >= 4 is 5.78 Å². The van der Waals surface area contributed by atoms with Crippen LogP contribution in [0.15, 0.2) is 23.3 Å². The maximum Gasteiger partial charge on any atom is 0.233 e. The number of carbonyl (C=O) groups excluding carboxylic acids is 1. The first-order chi connectivity index (χ1) is 13.5. The number of hydrogen-bond donors (Lipinski definition) is 0. The molecular formula is C25H34O3. The third kappa shape index (κ3) is 1.87. The van der Waals surface area contributed by atoms with Gasteiger partial charge < -0.3 is 9.47 Å². The van der Waals surface area contributed by atoms with Crippen LogP contribution in [0.3, 0.4) is 0 Å². The molecule has 0 aromatic heterocycles. The molecule has 5 atom stereocenters. The predicted molar refractivity (Wildman–Crippen MR) is 108 cm³/mol. The lowest BCUT2D eigenvalue weighted by molar-refractivity contribution is -0.183. The summed E-state index contributed by atoms with van der Waals surface area (Å²) in [5.74, 6) is 0.611. The Labute approximate surface area is 168 Å². The monoisotopic (exact) mass is 382 g/mol. The number of Topliss-reactive ketones (excluding diaryl/α,β-unsaturated/α-hetero) is 1. The molecule has 5 aliphatic carbocycles. The maximum absolute atomic E-state index is 12.8. The second kappa shape index (κ2) is 5.60. The van der Waals surface area contributed by atoms with Crippen molar-refractivity contribution in [1.29, 1.82) is 0 Å². The van der Waals surface area contributed by atoms with Gasteiger partial charge in [-0.05, 0) is 73.0 Å². The summed E-state index contributed by atoms with van der Waals surface area (Å²) in [5, 5.41) is 0. The van der Waals surface area contributed by atoms with Crippen LogP contribution < -0.4 is 0 Å². The fraction of sp³-hybridized carbons (Fsp3) is 0.800. The summed E-state index contributed by atoms with van der Waals surface area (Å²) >= 11 is 0. The van der Waals surface area contributed by atoms with Gasteiger partial charge in [0, 0.05) is 12.8 Å². The molecule has 3 fully saturated rings. The Bertz CT molecular complexity index is 788. The minimum atomic E-state index is -0.938. The van der Waals surface area contributed by atoms with Crippen LogP contribution >= 0.6 is 0 Å². The van der Waals surface area contributed by atoms with E-state index < -0.39 is 5.79 Å². The fourth-order valence-corrected chi connectivity index (χ4v) is 8.90. The molecule has 28 heavy (non-hydrogen) atoms. The van der Waals surface area contributed by atoms with Crippen molar-refractivity contribution in [2.24, 2.45) is 28.1 Å². The van der Waals surface area contributed by atoms with Gasteiger partial charge >= 0.3 is 0 Å². The van der Waals surface area contributed by atoms with Crippen LogP contribution in [0, 0.1) is 28.1 Å². The second-order valence-electron chi connectivity index (χ2n) is 10.8. The molecule has 152 valence electrons. The highest BCUT2D eigenvalue weighted by molar-refractivity contribution is 5.90. The highest BCUT2D eigenvalue weighted by Crippen LogP contribution is 2.78. The van der Waals surface area contributed by atoms with Crippen molar-refractivity contribution in [2.75, 3.05) is 13.2 Å². The minimum absolute atomic E-state index is 0.171. The molecule has 2 saturated carbocycles. The van der Waals surface area contributed by atoms with Crippen molar-refractivity contribution in [3.05, 3.63) is 23.3 Å². The molecule has 6 aliphatic rings. The van der Waals surface area contributed by atoms with E-state index in [0.717, 1.165) is 12.3 Å². The van der Waals surface area contributed by atoms with E-state index in [9.17, 15) is 4.79 Å². The Kier molecular flexibility index (Phi) is 3.58. The molecule has 1 saturated heterocycles. The Morgan fingerprint density at radius 2 is 1.93 bits per heavy atom. The molecule has 0 aromatic rings. The van der Waals surface area contributed by atoms with Crippen molar-refractivity contribution in [3.63, 3.8) is 0 Å². The van der Waals surface area contributed by atoms with Crippen LogP contribution in [-0.4, -0.2) is 24.8 Å². The van der Waals surface area contributed by atoms with Crippen LogP contribution in [0.5, 0.6) is 0 Å². The van der Waals surface area contributed by atoms with Gasteiger partial charge in [0.2, 0.25) is 5.79 Å². The molecule has 0 aromatic carbocycles. The molecule has 3 heteroatoms. The SMILES string of the molecule is CCC[C@]12C=CC3(CC1)[C@@H]1CCC4=C(CC5(OCCO5)C(=O)C4)[C@H]1CC[C@@]32C. The topological polar surface area (TPSA) is 35.5 Å². The number of fused-ring (bicyclic) bond motifs is 2.